The van der Waals surface area contributed by atoms with Gasteiger partial charge in [-0.3, -0.25) is 0 Å². The van der Waals surface area contributed by atoms with Crippen molar-refractivity contribution in [2.24, 2.45) is 11.8 Å². The average molecular weight is 198 g/mol. The molecule has 1 aliphatic rings. The fourth-order valence-electron chi connectivity index (χ4n) is 2.00. The second-order valence-corrected chi connectivity index (χ2v) is 4.68. The average Bonchev–Trinajstić information content (AvgIpc) is 2.16. The summed E-state index contributed by atoms with van der Waals surface area (Å²) < 4.78 is 5.57. The standard InChI is InChI=1S/C12H22O2/c1-8(2)11-5-10(6-13)14-7-12(11)9(3)4/h8-10,13H,5-7H2,1-4H3. The second-order valence-electron chi connectivity index (χ2n) is 4.68. The molecule has 0 aromatic heterocycles. The summed E-state index contributed by atoms with van der Waals surface area (Å²) in [6.45, 7) is 9.70. The van der Waals surface area contributed by atoms with Gasteiger partial charge in [0.05, 0.1) is 19.3 Å². The largest absolute Gasteiger partial charge is 0.394 e. The first-order valence-corrected chi connectivity index (χ1v) is 5.50. The van der Waals surface area contributed by atoms with Crippen molar-refractivity contribution in [1.82, 2.24) is 0 Å². The number of aliphatic hydroxyl groups excluding tert-OH is 1. The van der Waals surface area contributed by atoms with Crippen LogP contribution in [-0.4, -0.2) is 24.4 Å². The highest BCUT2D eigenvalue weighted by atomic mass is 16.5. The van der Waals surface area contributed by atoms with E-state index in [4.69, 9.17) is 9.84 Å². The van der Waals surface area contributed by atoms with Gasteiger partial charge in [-0.15, -0.1) is 0 Å². The molecule has 0 amide bonds. The van der Waals surface area contributed by atoms with Crippen LogP contribution in [0, 0.1) is 11.8 Å². The van der Waals surface area contributed by atoms with Gasteiger partial charge in [-0.25, -0.2) is 0 Å². The van der Waals surface area contributed by atoms with Crippen molar-refractivity contribution in [3.8, 4) is 0 Å². The Labute approximate surface area is 87.0 Å². The summed E-state index contributed by atoms with van der Waals surface area (Å²) in [6.07, 6.45) is 0.927. The van der Waals surface area contributed by atoms with Crippen molar-refractivity contribution >= 4 is 0 Å². The summed E-state index contributed by atoms with van der Waals surface area (Å²) in [5, 5.41) is 9.07. The number of ether oxygens (including phenoxy) is 1. The molecule has 1 atom stereocenters. The van der Waals surface area contributed by atoms with E-state index in [1.54, 1.807) is 0 Å². The molecule has 1 aliphatic heterocycles. The molecule has 2 heteroatoms. The van der Waals surface area contributed by atoms with Crippen LogP contribution in [0.4, 0.5) is 0 Å². The summed E-state index contributed by atoms with van der Waals surface area (Å²) in [7, 11) is 0. The molecule has 2 nitrogen and oxygen atoms in total. The van der Waals surface area contributed by atoms with Gasteiger partial charge in [0.1, 0.15) is 0 Å². The summed E-state index contributed by atoms with van der Waals surface area (Å²) in [4.78, 5) is 0. The van der Waals surface area contributed by atoms with Crippen molar-refractivity contribution in [3.05, 3.63) is 11.1 Å². The number of hydrogen-bond acceptors (Lipinski definition) is 2. The molecule has 1 heterocycles. The molecule has 82 valence electrons. The van der Waals surface area contributed by atoms with Gasteiger partial charge in [0.2, 0.25) is 0 Å². The van der Waals surface area contributed by atoms with Crippen LogP contribution in [0.15, 0.2) is 11.1 Å². The Morgan fingerprint density at radius 1 is 1.21 bits per heavy atom. The molecule has 0 aromatic carbocycles. The van der Waals surface area contributed by atoms with Gasteiger partial charge in [0, 0.05) is 0 Å². The molecule has 0 radical (unpaired) electrons. The maximum Gasteiger partial charge on any atom is 0.0847 e. The first-order chi connectivity index (χ1) is 6.56. The van der Waals surface area contributed by atoms with Crippen LogP contribution in [-0.2, 0) is 4.74 Å². The molecule has 0 aromatic rings. The maximum absolute atomic E-state index is 9.07. The first kappa shape index (κ1) is 11.7. The summed E-state index contributed by atoms with van der Waals surface area (Å²) in [5.41, 5.74) is 2.93. The van der Waals surface area contributed by atoms with Crippen LogP contribution in [0.1, 0.15) is 34.1 Å². The fraction of sp³-hybridized carbons (Fsp3) is 0.833. The number of aliphatic hydroxyl groups is 1. The van der Waals surface area contributed by atoms with Crippen LogP contribution in [0.2, 0.25) is 0 Å². The number of rotatable bonds is 3. The molecule has 0 aliphatic carbocycles. The first-order valence-electron chi connectivity index (χ1n) is 5.50. The summed E-state index contributed by atoms with van der Waals surface area (Å²) in [6, 6.07) is 0. The van der Waals surface area contributed by atoms with Gasteiger partial charge in [-0.1, -0.05) is 33.3 Å². The Morgan fingerprint density at radius 3 is 2.21 bits per heavy atom. The summed E-state index contributed by atoms with van der Waals surface area (Å²) in [5.74, 6) is 1.14. The van der Waals surface area contributed by atoms with Crippen LogP contribution < -0.4 is 0 Å². The Hall–Kier alpha value is -0.340. The molecule has 0 bridgehead atoms. The Bertz CT molecular complexity index is 216. The quantitative estimate of drug-likeness (QED) is 0.705. The van der Waals surface area contributed by atoms with Crippen LogP contribution in [0.5, 0.6) is 0 Å². The highest BCUT2D eigenvalue weighted by Gasteiger charge is 2.23. The summed E-state index contributed by atoms with van der Waals surface area (Å²) >= 11 is 0. The lowest BCUT2D eigenvalue weighted by Crippen LogP contribution is -2.28. The lowest BCUT2D eigenvalue weighted by molar-refractivity contribution is 0.0113. The molecule has 0 saturated carbocycles. The SMILES string of the molecule is CC(C)C1=C(C(C)C)CC(CO)OC1. The van der Waals surface area contributed by atoms with E-state index in [0.29, 0.717) is 18.4 Å². The smallest absolute Gasteiger partial charge is 0.0847 e. The van der Waals surface area contributed by atoms with E-state index in [0.717, 1.165) is 6.42 Å². The van der Waals surface area contributed by atoms with Gasteiger partial charge >= 0.3 is 0 Å². The van der Waals surface area contributed by atoms with Crippen LogP contribution in [0.3, 0.4) is 0 Å². The predicted octanol–water partition coefficient (Wildman–Crippen LogP) is 2.38. The van der Waals surface area contributed by atoms with Crippen molar-refractivity contribution in [1.29, 1.82) is 0 Å². The van der Waals surface area contributed by atoms with E-state index in [-0.39, 0.29) is 12.7 Å². The van der Waals surface area contributed by atoms with Gasteiger partial charge in [-0.05, 0) is 23.8 Å². The highest BCUT2D eigenvalue weighted by molar-refractivity contribution is 5.21. The Kier molecular flexibility index (Phi) is 4.14. The maximum atomic E-state index is 9.07. The lowest BCUT2D eigenvalue weighted by Gasteiger charge is -2.30. The van der Waals surface area contributed by atoms with Crippen molar-refractivity contribution in [2.75, 3.05) is 13.2 Å². The van der Waals surface area contributed by atoms with Crippen molar-refractivity contribution in [2.45, 2.75) is 40.2 Å². The molecule has 1 N–H and O–H groups in total. The van der Waals surface area contributed by atoms with Gasteiger partial charge in [-0.2, -0.15) is 0 Å². The highest BCUT2D eigenvalue weighted by Crippen LogP contribution is 2.30. The fourth-order valence-corrected chi connectivity index (χ4v) is 2.00. The Balaban J connectivity index is 2.84. The van der Waals surface area contributed by atoms with E-state index in [9.17, 15) is 0 Å². The third-order valence-corrected chi connectivity index (χ3v) is 2.93. The zero-order chi connectivity index (χ0) is 10.7. The molecule has 14 heavy (non-hydrogen) atoms. The molecular weight excluding hydrogens is 176 g/mol. The van der Waals surface area contributed by atoms with E-state index < -0.39 is 0 Å². The predicted molar refractivity (Wildman–Crippen MR) is 58.1 cm³/mol. The topological polar surface area (TPSA) is 29.5 Å². The third kappa shape index (κ3) is 2.58. The van der Waals surface area contributed by atoms with Gasteiger partial charge < -0.3 is 9.84 Å². The van der Waals surface area contributed by atoms with E-state index in [1.165, 1.54) is 11.1 Å². The molecule has 0 spiro atoms. The molecule has 1 rings (SSSR count). The molecule has 1 unspecified atom stereocenters. The van der Waals surface area contributed by atoms with Crippen LogP contribution >= 0.6 is 0 Å². The van der Waals surface area contributed by atoms with Crippen molar-refractivity contribution < 1.29 is 9.84 Å². The Morgan fingerprint density at radius 2 is 1.79 bits per heavy atom. The number of hydrogen-bond donors (Lipinski definition) is 1. The van der Waals surface area contributed by atoms with Gasteiger partial charge in [0.25, 0.3) is 0 Å². The van der Waals surface area contributed by atoms with E-state index in [1.807, 2.05) is 0 Å². The molecular formula is C12H22O2. The lowest BCUT2D eigenvalue weighted by atomic mass is 9.86. The van der Waals surface area contributed by atoms with Gasteiger partial charge in [0.15, 0.2) is 0 Å². The minimum absolute atomic E-state index is 0.0231. The van der Waals surface area contributed by atoms with Crippen molar-refractivity contribution in [3.63, 3.8) is 0 Å². The minimum Gasteiger partial charge on any atom is -0.394 e. The zero-order valence-corrected chi connectivity index (χ0v) is 9.71. The molecule has 0 fully saturated rings. The molecule has 0 saturated heterocycles. The second kappa shape index (κ2) is 4.94. The minimum atomic E-state index is 0.0231. The van der Waals surface area contributed by atoms with Crippen LogP contribution in [0.25, 0.3) is 0 Å². The van der Waals surface area contributed by atoms with E-state index >= 15 is 0 Å². The zero-order valence-electron chi connectivity index (χ0n) is 9.71. The van der Waals surface area contributed by atoms with E-state index in [2.05, 4.69) is 27.7 Å². The monoisotopic (exact) mass is 198 g/mol. The third-order valence-electron chi connectivity index (χ3n) is 2.93. The normalized spacial score (nSPS) is 23.8.